The number of hydrogen-bond acceptors (Lipinski definition) is 3. The molecule has 122 valence electrons. The van der Waals surface area contributed by atoms with Gasteiger partial charge < -0.3 is 0 Å². The molecule has 2 aromatic rings. The number of benzene rings is 2. The van der Waals surface area contributed by atoms with Crippen LogP contribution in [0.2, 0.25) is 0 Å². The van der Waals surface area contributed by atoms with Crippen LogP contribution in [0, 0.1) is 13.8 Å². The van der Waals surface area contributed by atoms with Crippen LogP contribution in [-0.2, 0) is 10.0 Å². The number of nitrogens with zero attached hydrogens (tertiary/aromatic N) is 1. The van der Waals surface area contributed by atoms with E-state index in [1.165, 1.54) is 4.31 Å². The Kier molecular flexibility index (Phi) is 5.55. The fraction of sp³-hybridized carbons (Fsp3) is 0.222. The molecule has 0 aliphatic rings. The molecule has 0 spiro atoms. The highest BCUT2D eigenvalue weighted by Gasteiger charge is 2.25. The van der Waals surface area contributed by atoms with Gasteiger partial charge in [-0.3, -0.25) is 4.31 Å². The Balaban J connectivity index is 2.54. The summed E-state index contributed by atoms with van der Waals surface area (Å²) >= 11 is 1.58. The van der Waals surface area contributed by atoms with Gasteiger partial charge in [0.25, 0.3) is 10.0 Å². The maximum atomic E-state index is 13.1. The van der Waals surface area contributed by atoms with Crippen molar-refractivity contribution in [1.29, 1.82) is 0 Å². The minimum Gasteiger partial charge on any atom is -0.262 e. The Morgan fingerprint density at radius 1 is 1.13 bits per heavy atom. The second-order valence-electron chi connectivity index (χ2n) is 5.22. The van der Waals surface area contributed by atoms with E-state index in [2.05, 4.69) is 6.58 Å². The Hall–Kier alpha value is -1.72. The SMILES string of the molecule is C=CCN(c1cccc(C)c1C)S(=O)(=O)c1ccc(SC)cc1. The monoisotopic (exact) mass is 347 g/mol. The van der Waals surface area contributed by atoms with Crippen molar-refractivity contribution in [1.82, 2.24) is 0 Å². The first-order valence-corrected chi connectivity index (χ1v) is 9.92. The minimum atomic E-state index is -3.63. The highest BCUT2D eigenvalue weighted by atomic mass is 32.2. The van der Waals surface area contributed by atoms with Crippen molar-refractivity contribution in [2.45, 2.75) is 23.6 Å². The van der Waals surface area contributed by atoms with Crippen molar-refractivity contribution >= 4 is 27.5 Å². The van der Waals surface area contributed by atoms with Crippen molar-refractivity contribution in [2.75, 3.05) is 17.1 Å². The topological polar surface area (TPSA) is 37.4 Å². The molecule has 0 saturated heterocycles. The number of rotatable bonds is 6. The van der Waals surface area contributed by atoms with Crippen LogP contribution in [0.5, 0.6) is 0 Å². The molecular formula is C18H21NO2S2. The van der Waals surface area contributed by atoms with Crippen LogP contribution < -0.4 is 4.31 Å². The Morgan fingerprint density at radius 3 is 2.35 bits per heavy atom. The van der Waals surface area contributed by atoms with E-state index in [0.29, 0.717) is 5.69 Å². The largest absolute Gasteiger partial charge is 0.264 e. The van der Waals surface area contributed by atoms with Gasteiger partial charge in [-0.2, -0.15) is 0 Å². The molecule has 0 aliphatic carbocycles. The lowest BCUT2D eigenvalue weighted by atomic mass is 10.1. The molecule has 0 atom stereocenters. The number of aryl methyl sites for hydroxylation is 1. The third-order valence-electron chi connectivity index (χ3n) is 3.79. The number of hydrogen-bond donors (Lipinski definition) is 0. The summed E-state index contributed by atoms with van der Waals surface area (Å²) in [5, 5.41) is 0. The van der Waals surface area contributed by atoms with E-state index in [-0.39, 0.29) is 11.4 Å². The average Bonchev–Trinajstić information content (AvgIpc) is 2.55. The summed E-state index contributed by atoms with van der Waals surface area (Å²) in [6.45, 7) is 7.85. The van der Waals surface area contributed by atoms with Crippen LogP contribution in [-0.4, -0.2) is 21.2 Å². The van der Waals surface area contributed by atoms with Gasteiger partial charge in [-0.25, -0.2) is 8.42 Å². The van der Waals surface area contributed by atoms with E-state index in [9.17, 15) is 8.42 Å². The molecule has 0 unspecified atom stereocenters. The van der Waals surface area contributed by atoms with Crippen molar-refractivity contribution in [2.24, 2.45) is 0 Å². The predicted octanol–water partition coefficient (Wildman–Crippen LogP) is 4.41. The van der Waals surface area contributed by atoms with Gasteiger partial charge in [-0.05, 0) is 61.6 Å². The standard InChI is InChI=1S/C18H21NO2S2/c1-5-13-19(18-8-6-7-14(2)15(18)3)23(20,21)17-11-9-16(22-4)10-12-17/h5-12H,1,13H2,2-4H3. The molecule has 2 rings (SSSR count). The van der Waals surface area contributed by atoms with E-state index in [1.54, 1.807) is 30.0 Å². The van der Waals surface area contributed by atoms with Gasteiger partial charge in [0.05, 0.1) is 17.1 Å². The van der Waals surface area contributed by atoms with Crippen molar-refractivity contribution in [3.8, 4) is 0 Å². The second kappa shape index (κ2) is 7.23. The maximum absolute atomic E-state index is 13.1. The van der Waals surface area contributed by atoms with Gasteiger partial charge in [-0.15, -0.1) is 18.3 Å². The molecule has 0 amide bonds. The van der Waals surface area contributed by atoms with E-state index in [1.807, 2.05) is 50.4 Å². The summed E-state index contributed by atoms with van der Waals surface area (Å²) in [4.78, 5) is 1.32. The van der Waals surface area contributed by atoms with Gasteiger partial charge >= 0.3 is 0 Å². The van der Waals surface area contributed by atoms with Gasteiger partial charge in [0.2, 0.25) is 0 Å². The fourth-order valence-corrected chi connectivity index (χ4v) is 4.23. The van der Waals surface area contributed by atoms with Gasteiger partial charge in [0.15, 0.2) is 0 Å². The normalized spacial score (nSPS) is 11.3. The first-order valence-electron chi connectivity index (χ1n) is 7.25. The van der Waals surface area contributed by atoms with Crippen LogP contribution in [0.3, 0.4) is 0 Å². The summed E-state index contributed by atoms with van der Waals surface area (Å²) in [6.07, 6.45) is 3.57. The molecule has 0 aliphatic heterocycles. The number of anilines is 1. The van der Waals surface area contributed by atoms with E-state index in [4.69, 9.17) is 0 Å². The summed E-state index contributed by atoms with van der Waals surface area (Å²) in [6, 6.07) is 12.6. The summed E-state index contributed by atoms with van der Waals surface area (Å²) < 4.78 is 27.5. The van der Waals surface area contributed by atoms with Crippen molar-refractivity contribution in [3.05, 3.63) is 66.2 Å². The van der Waals surface area contributed by atoms with Crippen LogP contribution in [0.4, 0.5) is 5.69 Å². The molecule has 5 heteroatoms. The molecule has 0 N–H and O–H groups in total. The fourth-order valence-electron chi connectivity index (χ4n) is 2.32. The molecule has 0 fully saturated rings. The zero-order chi connectivity index (χ0) is 17.0. The van der Waals surface area contributed by atoms with E-state index >= 15 is 0 Å². The smallest absolute Gasteiger partial charge is 0.262 e. The predicted molar refractivity (Wildman–Crippen MR) is 98.9 cm³/mol. The third kappa shape index (κ3) is 3.62. The molecule has 0 bridgehead atoms. The molecular weight excluding hydrogens is 326 g/mol. The summed E-state index contributed by atoms with van der Waals surface area (Å²) in [7, 11) is -3.63. The lowest BCUT2D eigenvalue weighted by molar-refractivity contribution is 0.592. The van der Waals surface area contributed by atoms with Crippen LogP contribution in [0.25, 0.3) is 0 Å². The molecule has 23 heavy (non-hydrogen) atoms. The minimum absolute atomic E-state index is 0.233. The summed E-state index contributed by atoms with van der Waals surface area (Å²) in [5.74, 6) is 0. The van der Waals surface area contributed by atoms with Crippen LogP contribution >= 0.6 is 11.8 Å². The van der Waals surface area contributed by atoms with E-state index in [0.717, 1.165) is 16.0 Å². The van der Waals surface area contributed by atoms with Crippen molar-refractivity contribution < 1.29 is 8.42 Å². The molecule has 3 nitrogen and oxygen atoms in total. The molecule has 0 saturated carbocycles. The zero-order valence-electron chi connectivity index (χ0n) is 13.6. The van der Waals surface area contributed by atoms with Gasteiger partial charge in [-0.1, -0.05) is 18.2 Å². The Bertz CT molecular complexity index is 796. The highest BCUT2D eigenvalue weighted by Crippen LogP contribution is 2.29. The molecule has 0 aromatic heterocycles. The quantitative estimate of drug-likeness (QED) is 0.574. The highest BCUT2D eigenvalue weighted by molar-refractivity contribution is 7.98. The van der Waals surface area contributed by atoms with Crippen molar-refractivity contribution in [3.63, 3.8) is 0 Å². The Morgan fingerprint density at radius 2 is 1.78 bits per heavy atom. The van der Waals surface area contributed by atoms with E-state index < -0.39 is 10.0 Å². The van der Waals surface area contributed by atoms with Gasteiger partial charge in [0.1, 0.15) is 0 Å². The molecule has 0 heterocycles. The van der Waals surface area contributed by atoms with Gasteiger partial charge in [0, 0.05) is 4.90 Å². The molecule has 0 radical (unpaired) electrons. The second-order valence-corrected chi connectivity index (χ2v) is 7.96. The lowest BCUT2D eigenvalue weighted by Gasteiger charge is -2.25. The Labute approximate surface area is 143 Å². The average molecular weight is 348 g/mol. The van der Waals surface area contributed by atoms with Crippen LogP contribution in [0.15, 0.2) is 64.9 Å². The summed E-state index contributed by atoms with van der Waals surface area (Å²) in [5.41, 5.74) is 2.71. The lowest BCUT2D eigenvalue weighted by Crippen LogP contribution is -2.31. The first kappa shape index (κ1) is 17.6. The number of thioether (sulfide) groups is 1. The number of sulfonamides is 1. The zero-order valence-corrected chi connectivity index (χ0v) is 15.2. The third-order valence-corrected chi connectivity index (χ3v) is 6.32. The maximum Gasteiger partial charge on any atom is 0.264 e. The van der Waals surface area contributed by atoms with Crippen LogP contribution in [0.1, 0.15) is 11.1 Å². The first-order chi connectivity index (χ1) is 10.9. The molecule has 2 aromatic carbocycles.